The third-order valence-electron chi connectivity index (χ3n) is 3.45. The first-order valence-electron chi connectivity index (χ1n) is 6.06. The van der Waals surface area contributed by atoms with Crippen LogP contribution in [-0.4, -0.2) is 5.11 Å². The number of aliphatic hydroxyl groups excluding tert-OH is 1. The number of allylic oxidation sites excluding steroid dienone is 3. The largest absolute Gasteiger partial charge is 0.508 e. The monoisotopic (exact) mass is 206 g/mol. The van der Waals surface area contributed by atoms with Gasteiger partial charge in [-0.25, -0.2) is 0 Å². The highest BCUT2D eigenvalue weighted by molar-refractivity contribution is 5.37. The van der Waals surface area contributed by atoms with Crippen molar-refractivity contribution in [3.05, 3.63) is 23.0 Å². The lowest BCUT2D eigenvalue weighted by molar-refractivity contribution is 0.297. The van der Waals surface area contributed by atoms with Crippen molar-refractivity contribution in [2.45, 2.75) is 52.9 Å². The molecule has 1 unspecified atom stereocenters. The minimum absolute atomic E-state index is 0.415. The van der Waals surface area contributed by atoms with E-state index in [-0.39, 0.29) is 0 Å². The van der Waals surface area contributed by atoms with Gasteiger partial charge < -0.3 is 5.11 Å². The quantitative estimate of drug-likeness (QED) is 0.675. The van der Waals surface area contributed by atoms with Gasteiger partial charge in [-0.1, -0.05) is 26.3 Å². The minimum atomic E-state index is 0.415. The topological polar surface area (TPSA) is 20.2 Å². The first-order valence-corrected chi connectivity index (χ1v) is 6.06. The molecule has 1 nitrogen and oxygen atoms in total. The van der Waals surface area contributed by atoms with Crippen molar-refractivity contribution in [3.8, 4) is 0 Å². The third-order valence-corrected chi connectivity index (χ3v) is 3.45. The second-order valence-electron chi connectivity index (χ2n) is 6.25. The molecule has 0 aliphatic heterocycles. The van der Waals surface area contributed by atoms with E-state index in [2.05, 4.69) is 20.8 Å². The fourth-order valence-electron chi connectivity index (χ4n) is 3.03. The summed E-state index contributed by atoms with van der Waals surface area (Å²) in [5.74, 6) is 1.34. The average molecular weight is 206 g/mol. The molecule has 0 fully saturated rings. The van der Waals surface area contributed by atoms with Gasteiger partial charge in [-0.05, 0) is 55.1 Å². The van der Waals surface area contributed by atoms with E-state index in [4.69, 9.17) is 0 Å². The molecule has 2 aliphatic rings. The molecule has 2 aliphatic carbocycles. The molecule has 0 bridgehead atoms. The molecule has 1 heteroatoms. The van der Waals surface area contributed by atoms with Gasteiger partial charge in [0.1, 0.15) is 5.76 Å². The van der Waals surface area contributed by atoms with Crippen molar-refractivity contribution in [2.75, 3.05) is 0 Å². The van der Waals surface area contributed by atoms with Crippen LogP contribution in [0.15, 0.2) is 23.0 Å². The zero-order chi connectivity index (χ0) is 11.1. The molecular formula is C14H22O. The number of aliphatic hydroxyl groups is 1. The lowest BCUT2D eigenvalue weighted by atomic mass is 9.83. The zero-order valence-corrected chi connectivity index (χ0v) is 10.1. The summed E-state index contributed by atoms with van der Waals surface area (Å²) in [5.41, 5.74) is 3.22. The van der Waals surface area contributed by atoms with E-state index in [0.717, 1.165) is 18.8 Å². The van der Waals surface area contributed by atoms with Crippen LogP contribution >= 0.6 is 0 Å². The fraction of sp³-hybridized carbons (Fsp3) is 0.714. The predicted molar refractivity (Wildman–Crippen MR) is 63.8 cm³/mol. The van der Waals surface area contributed by atoms with E-state index in [1.54, 1.807) is 0 Å². The SMILES string of the molecule is CC(C)(C)CC1CC2=C(C1)C(O)=CCC2. The number of hydrogen-bond acceptors (Lipinski definition) is 1. The molecule has 0 aromatic heterocycles. The maximum atomic E-state index is 9.80. The summed E-state index contributed by atoms with van der Waals surface area (Å²) in [4.78, 5) is 0. The van der Waals surface area contributed by atoms with Crippen LogP contribution in [0.4, 0.5) is 0 Å². The van der Waals surface area contributed by atoms with Crippen LogP contribution < -0.4 is 0 Å². The smallest absolute Gasteiger partial charge is 0.114 e. The Labute approximate surface area is 92.9 Å². The normalized spacial score (nSPS) is 26.6. The van der Waals surface area contributed by atoms with Crippen molar-refractivity contribution in [2.24, 2.45) is 11.3 Å². The Morgan fingerprint density at radius 3 is 2.67 bits per heavy atom. The van der Waals surface area contributed by atoms with Crippen molar-refractivity contribution in [3.63, 3.8) is 0 Å². The van der Waals surface area contributed by atoms with Gasteiger partial charge in [-0.2, -0.15) is 0 Å². The maximum Gasteiger partial charge on any atom is 0.114 e. The van der Waals surface area contributed by atoms with Gasteiger partial charge in [0.2, 0.25) is 0 Å². The Morgan fingerprint density at radius 2 is 2.07 bits per heavy atom. The molecule has 0 saturated heterocycles. The predicted octanol–water partition coefficient (Wildman–Crippen LogP) is 4.36. The summed E-state index contributed by atoms with van der Waals surface area (Å²) in [6, 6.07) is 0. The van der Waals surface area contributed by atoms with Crippen LogP contribution in [-0.2, 0) is 0 Å². The van der Waals surface area contributed by atoms with Gasteiger partial charge in [-0.3, -0.25) is 0 Å². The van der Waals surface area contributed by atoms with Crippen molar-refractivity contribution in [1.29, 1.82) is 0 Å². The van der Waals surface area contributed by atoms with Crippen LogP contribution in [0.5, 0.6) is 0 Å². The van der Waals surface area contributed by atoms with Crippen LogP contribution in [0, 0.1) is 11.3 Å². The molecule has 0 spiro atoms. The van der Waals surface area contributed by atoms with E-state index in [9.17, 15) is 5.11 Å². The first kappa shape index (κ1) is 10.8. The highest BCUT2D eigenvalue weighted by Gasteiger charge is 2.30. The summed E-state index contributed by atoms with van der Waals surface area (Å²) in [7, 11) is 0. The summed E-state index contributed by atoms with van der Waals surface area (Å²) >= 11 is 0. The summed E-state index contributed by atoms with van der Waals surface area (Å²) in [6.07, 6.45) is 7.80. The minimum Gasteiger partial charge on any atom is -0.508 e. The summed E-state index contributed by atoms with van der Waals surface area (Å²) < 4.78 is 0. The standard InChI is InChI=1S/C14H22O/c1-14(2,3)9-10-7-11-5-4-6-13(15)12(11)8-10/h6,10,15H,4-5,7-9H2,1-3H3. The number of rotatable bonds is 1. The Balaban J connectivity index is 2.02. The van der Waals surface area contributed by atoms with Crippen LogP contribution in [0.2, 0.25) is 0 Å². The van der Waals surface area contributed by atoms with Gasteiger partial charge in [0.15, 0.2) is 0 Å². The Kier molecular flexibility index (Phi) is 2.66. The molecule has 0 aromatic rings. The third kappa shape index (κ3) is 2.45. The zero-order valence-electron chi connectivity index (χ0n) is 10.1. The van der Waals surface area contributed by atoms with E-state index in [1.165, 1.54) is 30.4 Å². The Hall–Kier alpha value is -0.720. The highest BCUT2D eigenvalue weighted by Crippen LogP contribution is 2.44. The van der Waals surface area contributed by atoms with E-state index in [0.29, 0.717) is 11.2 Å². The van der Waals surface area contributed by atoms with Gasteiger partial charge >= 0.3 is 0 Å². The molecule has 2 rings (SSSR count). The molecular weight excluding hydrogens is 184 g/mol. The Morgan fingerprint density at radius 1 is 1.33 bits per heavy atom. The molecule has 15 heavy (non-hydrogen) atoms. The van der Waals surface area contributed by atoms with Crippen LogP contribution in [0.25, 0.3) is 0 Å². The molecule has 0 saturated carbocycles. The van der Waals surface area contributed by atoms with E-state index < -0.39 is 0 Å². The lowest BCUT2D eigenvalue weighted by Gasteiger charge is -2.23. The van der Waals surface area contributed by atoms with E-state index >= 15 is 0 Å². The number of hydrogen-bond donors (Lipinski definition) is 1. The maximum absolute atomic E-state index is 9.80. The molecule has 0 heterocycles. The van der Waals surface area contributed by atoms with Gasteiger partial charge in [0.25, 0.3) is 0 Å². The molecule has 0 aromatic carbocycles. The van der Waals surface area contributed by atoms with Crippen molar-refractivity contribution >= 4 is 0 Å². The first-order chi connectivity index (χ1) is 6.96. The fourth-order valence-corrected chi connectivity index (χ4v) is 3.03. The molecule has 1 atom stereocenters. The van der Waals surface area contributed by atoms with Crippen LogP contribution in [0.1, 0.15) is 52.9 Å². The second kappa shape index (κ2) is 3.70. The Bertz CT molecular complexity index is 315. The lowest BCUT2D eigenvalue weighted by Crippen LogP contribution is -2.11. The van der Waals surface area contributed by atoms with E-state index in [1.807, 2.05) is 6.08 Å². The second-order valence-corrected chi connectivity index (χ2v) is 6.25. The van der Waals surface area contributed by atoms with Crippen molar-refractivity contribution in [1.82, 2.24) is 0 Å². The molecule has 0 radical (unpaired) electrons. The van der Waals surface area contributed by atoms with Gasteiger partial charge in [-0.15, -0.1) is 0 Å². The van der Waals surface area contributed by atoms with Gasteiger partial charge in [0.05, 0.1) is 0 Å². The average Bonchev–Trinajstić information content (AvgIpc) is 2.45. The molecule has 0 amide bonds. The highest BCUT2D eigenvalue weighted by atomic mass is 16.3. The molecule has 84 valence electrons. The van der Waals surface area contributed by atoms with Gasteiger partial charge in [0, 0.05) is 0 Å². The summed E-state index contributed by atoms with van der Waals surface area (Å²) in [5, 5.41) is 9.80. The van der Waals surface area contributed by atoms with Crippen LogP contribution in [0.3, 0.4) is 0 Å². The van der Waals surface area contributed by atoms with Crippen molar-refractivity contribution < 1.29 is 5.11 Å². The summed E-state index contributed by atoms with van der Waals surface area (Å²) in [6.45, 7) is 6.92. The molecule has 1 N–H and O–H groups in total.